The van der Waals surface area contributed by atoms with Crippen molar-refractivity contribution in [1.29, 1.82) is 0 Å². The number of nitrogens with zero attached hydrogens (tertiary/aromatic N) is 1. The van der Waals surface area contributed by atoms with Crippen LogP contribution in [0.1, 0.15) is 44.2 Å². The fourth-order valence-electron chi connectivity index (χ4n) is 1.54. The minimum atomic E-state index is 0.268. The number of hydrogen-bond donors (Lipinski definition) is 2. The molecule has 3 N–H and O–H groups in total. The fourth-order valence-corrected chi connectivity index (χ4v) is 1.54. The second-order valence-corrected chi connectivity index (χ2v) is 3.50. The highest BCUT2D eigenvalue weighted by Crippen LogP contribution is 2.17. The van der Waals surface area contributed by atoms with Gasteiger partial charge in [-0.1, -0.05) is 26.2 Å². The van der Waals surface area contributed by atoms with Gasteiger partial charge < -0.3 is 0 Å². The van der Waals surface area contributed by atoms with Crippen LogP contribution in [0, 0.1) is 0 Å². The summed E-state index contributed by atoms with van der Waals surface area (Å²) in [6, 6.07) is 4.29. The van der Waals surface area contributed by atoms with Gasteiger partial charge in [0.05, 0.1) is 0 Å². The van der Waals surface area contributed by atoms with Crippen molar-refractivity contribution in [2.75, 3.05) is 0 Å². The van der Waals surface area contributed by atoms with Gasteiger partial charge in [-0.2, -0.15) is 0 Å². The number of hydrogen-bond acceptors (Lipinski definition) is 3. The summed E-state index contributed by atoms with van der Waals surface area (Å²) in [5, 5.41) is 0. The Morgan fingerprint density at radius 3 is 2.64 bits per heavy atom. The van der Waals surface area contributed by atoms with E-state index in [2.05, 4.69) is 17.3 Å². The van der Waals surface area contributed by atoms with Gasteiger partial charge in [-0.15, -0.1) is 0 Å². The predicted octanol–water partition coefficient (Wildman–Crippen LogP) is 2.17. The van der Waals surface area contributed by atoms with Gasteiger partial charge in [-0.3, -0.25) is 16.3 Å². The van der Waals surface area contributed by atoms with Crippen LogP contribution in [0.3, 0.4) is 0 Å². The zero-order valence-electron chi connectivity index (χ0n) is 8.74. The number of rotatable bonds is 6. The maximum absolute atomic E-state index is 5.52. The lowest BCUT2D eigenvalue weighted by atomic mass is 10.0. The largest absolute Gasteiger partial charge is 0.271 e. The van der Waals surface area contributed by atoms with E-state index < -0.39 is 0 Å². The van der Waals surface area contributed by atoms with Gasteiger partial charge >= 0.3 is 0 Å². The maximum atomic E-state index is 5.52. The van der Waals surface area contributed by atoms with E-state index in [0.717, 1.165) is 6.42 Å². The molecule has 1 unspecified atom stereocenters. The Bertz CT molecular complexity index is 236. The number of hydrazine groups is 1. The van der Waals surface area contributed by atoms with Gasteiger partial charge in [0.2, 0.25) is 0 Å². The van der Waals surface area contributed by atoms with E-state index in [1.54, 1.807) is 12.4 Å². The highest BCUT2D eigenvalue weighted by Gasteiger charge is 2.07. The van der Waals surface area contributed by atoms with Crippen LogP contribution < -0.4 is 11.3 Å². The summed E-state index contributed by atoms with van der Waals surface area (Å²) in [4.78, 5) is 3.99. The Kier molecular flexibility index (Phi) is 5.19. The molecule has 0 radical (unpaired) electrons. The number of pyridine rings is 1. The first-order chi connectivity index (χ1) is 6.88. The summed E-state index contributed by atoms with van der Waals surface area (Å²) in [5.74, 6) is 5.52. The summed E-state index contributed by atoms with van der Waals surface area (Å²) >= 11 is 0. The topological polar surface area (TPSA) is 50.9 Å². The lowest BCUT2D eigenvalue weighted by Crippen LogP contribution is -2.27. The van der Waals surface area contributed by atoms with Gasteiger partial charge in [0.15, 0.2) is 0 Å². The number of nitrogens with two attached hydrogens (primary N) is 1. The molecule has 0 fully saturated rings. The Morgan fingerprint density at radius 1 is 1.36 bits per heavy atom. The molecule has 1 aromatic heterocycles. The molecule has 0 spiro atoms. The van der Waals surface area contributed by atoms with E-state index in [4.69, 9.17) is 5.84 Å². The molecule has 0 bridgehead atoms. The maximum Gasteiger partial charge on any atom is 0.0461 e. The summed E-state index contributed by atoms with van der Waals surface area (Å²) in [7, 11) is 0. The summed E-state index contributed by atoms with van der Waals surface area (Å²) in [6.07, 6.45) is 8.43. The zero-order chi connectivity index (χ0) is 10.2. The standard InChI is InChI=1S/C11H19N3/c1-2-3-4-5-11(14-12)10-6-8-13-9-7-10/h6-9,11,14H,2-5,12H2,1H3. The number of aromatic nitrogens is 1. The predicted molar refractivity (Wildman–Crippen MR) is 58.4 cm³/mol. The third kappa shape index (κ3) is 3.44. The van der Waals surface area contributed by atoms with Crippen molar-refractivity contribution in [3.63, 3.8) is 0 Å². The molecule has 0 aliphatic carbocycles. The first-order valence-electron chi connectivity index (χ1n) is 5.24. The summed E-state index contributed by atoms with van der Waals surface area (Å²) in [5.41, 5.74) is 4.07. The molecule has 78 valence electrons. The van der Waals surface area contributed by atoms with Crippen LogP contribution in [0.4, 0.5) is 0 Å². The highest BCUT2D eigenvalue weighted by molar-refractivity contribution is 5.14. The average Bonchev–Trinajstić information content (AvgIpc) is 2.26. The summed E-state index contributed by atoms with van der Waals surface area (Å²) < 4.78 is 0. The first kappa shape index (κ1) is 11.1. The lowest BCUT2D eigenvalue weighted by Gasteiger charge is -2.15. The molecule has 0 aliphatic rings. The fraction of sp³-hybridized carbons (Fsp3) is 0.545. The van der Waals surface area contributed by atoms with E-state index in [1.807, 2.05) is 12.1 Å². The van der Waals surface area contributed by atoms with Gasteiger partial charge in [0.25, 0.3) is 0 Å². The molecule has 1 heterocycles. The lowest BCUT2D eigenvalue weighted by molar-refractivity contribution is 0.486. The van der Waals surface area contributed by atoms with Gasteiger partial charge in [0.1, 0.15) is 0 Å². The molecule has 1 aromatic rings. The van der Waals surface area contributed by atoms with Crippen LogP contribution in [-0.4, -0.2) is 4.98 Å². The molecule has 3 heteroatoms. The highest BCUT2D eigenvalue weighted by atomic mass is 15.2. The van der Waals surface area contributed by atoms with Crippen molar-refractivity contribution >= 4 is 0 Å². The Labute approximate surface area is 85.7 Å². The molecule has 1 atom stereocenters. The van der Waals surface area contributed by atoms with E-state index in [-0.39, 0.29) is 6.04 Å². The van der Waals surface area contributed by atoms with Gasteiger partial charge in [-0.05, 0) is 24.1 Å². The zero-order valence-corrected chi connectivity index (χ0v) is 8.74. The van der Waals surface area contributed by atoms with Crippen molar-refractivity contribution in [3.05, 3.63) is 30.1 Å². The molecular formula is C11H19N3. The van der Waals surface area contributed by atoms with Crippen LogP contribution in [-0.2, 0) is 0 Å². The average molecular weight is 193 g/mol. The Hall–Kier alpha value is -0.930. The smallest absolute Gasteiger partial charge is 0.0461 e. The van der Waals surface area contributed by atoms with Crippen LogP contribution in [0.25, 0.3) is 0 Å². The van der Waals surface area contributed by atoms with Crippen molar-refractivity contribution < 1.29 is 0 Å². The molecule has 0 saturated carbocycles. The van der Waals surface area contributed by atoms with E-state index in [0.29, 0.717) is 0 Å². The van der Waals surface area contributed by atoms with Gasteiger partial charge in [0, 0.05) is 18.4 Å². The minimum absolute atomic E-state index is 0.268. The van der Waals surface area contributed by atoms with E-state index in [9.17, 15) is 0 Å². The Morgan fingerprint density at radius 2 is 2.07 bits per heavy atom. The molecule has 0 saturated heterocycles. The molecule has 0 aromatic carbocycles. The molecule has 0 amide bonds. The third-order valence-corrected chi connectivity index (χ3v) is 2.41. The number of nitrogens with one attached hydrogen (secondary N) is 1. The molecule has 3 nitrogen and oxygen atoms in total. The summed E-state index contributed by atoms with van der Waals surface area (Å²) in [6.45, 7) is 2.21. The molecule has 0 aliphatic heterocycles. The molecule has 14 heavy (non-hydrogen) atoms. The van der Waals surface area contributed by atoms with Gasteiger partial charge in [-0.25, -0.2) is 0 Å². The SMILES string of the molecule is CCCCCC(NN)c1ccncc1. The first-order valence-corrected chi connectivity index (χ1v) is 5.24. The molecule has 1 rings (SSSR count). The van der Waals surface area contributed by atoms with Crippen LogP contribution >= 0.6 is 0 Å². The Balaban J connectivity index is 2.46. The van der Waals surface area contributed by atoms with Crippen LogP contribution in [0.15, 0.2) is 24.5 Å². The number of unbranched alkanes of at least 4 members (excludes halogenated alkanes) is 2. The van der Waals surface area contributed by atoms with Crippen molar-refractivity contribution in [1.82, 2.24) is 10.4 Å². The second kappa shape index (κ2) is 6.51. The van der Waals surface area contributed by atoms with Crippen molar-refractivity contribution in [2.24, 2.45) is 5.84 Å². The van der Waals surface area contributed by atoms with E-state index in [1.165, 1.54) is 24.8 Å². The second-order valence-electron chi connectivity index (χ2n) is 3.50. The third-order valence-electron chi connectivity index (χ3n) is 2.41. The van der Waals surface area contributed by atoms with E-state index >= 15 is 0 Å². The quantitative estimate of drug-likeness (QED) is 0.413. The van der Waals surface area contributed by atoms with Crippen LogP contribution in [0.5, 0.6) is 0 Å². The normalized spacial score (nSPS) is 12.7. The van der Waals surface area contributed by atoms with Crippen molar-refractivity contribution in [2.45, 2.75) is 38.6 Å². The minimum Gasteiger partial charge on any atom is -0.271 e. The van der Waals surface area contributed by atoms with Crippen LogP contribution in [0.2, 0.25) is 0 Å². The van der Waals surface area contributed by atoms with Crippen molar-refractivity contribution in [3.8, 4) is 0 Å². The molecular weight excluding hydrogens is 174 g/mol. The monoisotopic (exact) mass is 193 g/mol.